The number of rotatable bonds is 4. The normalized spacial score (nSPS) is 19.6. The molecular weight excluding hydrogens is 444 g/mol. The molecule has 2 heterocycles. The summed E-state index contributed by atoms with van der Waals surface area (Å²) in [5, 5.41) is 17.7. The summed E-state index contributed by atoms with van der Waals surface area (Å²) in [6, 6.07) is 19.1. The van der Waals surface area contributed by atoms with Crippen molar-refractivity contribution in [1.82, 2.24) is 0 Å². The highest BCUT2D eigenvalue weighted by atomic mass is 35.5. The van der Waals surface area contributed by atoms with E-state index in [1.807, 2.05) is 30.3 Å². The SMILES string of the molecule is Cc1c(Cl)cccc1N1C(=O)[C@@H]2C(c3ccc([N+](=O)[O-])cc3)=NN(c3ccccc3)[C@@H]2C1=O. The first-order valence-electron chi connectivity index (χ1n) is 10.2. The summed E-state index contributed by atoms with van der Waals surface area (Å²) in [5.74, 6) is -1.68. The molecule has 0 aromatic heterocycles. The molecule has 0 saturated carbocycles. The maximum atomic E-state index is 13.6. The molecule has 0 unspecified atom stereocenters. The predicted molar refractivity (Wildman–Crippen MR) is 125 cm³/mol. The number of nitro groups is 1. The fourth-order valence-electron chi connectivity index (χ4n) is 4.28. The number of fused-ring (bicyclic) bond motifs is 1. The van der Waals surface area contributed by atoms with Crippen LogP contribution in [-0.4, -0.2) is 28.5 Å². The second-order valence-electron chi connectivity index (χ2n) is 7.79. The third-order valence-electron chi connectivity index (χ3n) is 5.92. The molecule has 2 atom stereocenters. The number of benzene rings is 3. The highest BCUT2D eigenvalue weighted by Gasteiger charge is 2.57. The number of nitro benzene ring substituents is 1. The zero-order valence-corrected chi connectivity index (χ0v) is 18.1. The van der Waals surface area contributed by atoms with Crippen LogP contribution in [0.3, 0.4) is 0 Å². The lowest BCUT2D eigenvalue weighted by Gasteiger charge is -2.23. The standard InChI is InChI=1S/C24H17ClN4O4/c1-14-18(25)8-5-9-19(14)27-23(30)20-21(15-10-12-17(13-11-15)29(32)33)26-28(22(20)24(27)31)16-6-3-2-4-7-16/h2-13,20,22H,1H3/t20-,22+/m1/s1. The number of imide groups is 1. The van der Waals surface area contributed by atoms with Crippen molar-refractivity contribution in [3.05, 3.63) is 99.1 Å². The number of hydrogen-bond acceptors (Lipinski definition) is 6. The molecule has 3 aromatic rings. The summed E-state index contributed by atoms with van der Waals surface area (Å²) >= 11 is 6.26. The molecule has 8 nitrogen and oxygen atoms in total. The molecule has 164 valence electrons. The van der Waals surface area contributed by atoms with Gasteiger partial charge in [-0.2, -0.15) is 5.10 Å². The number of carbonyl (C=O) groups is 2. The van der Waals surface area contributed by atoms with Crippen LogP contribution in [-0.2, 0) is 9.59 Å². The van der Waals surface area contributed by atoms with E-state index in [9.17, 15) is 19.7 Å². The Kier molecular flexibility index (Phi) is 4.94. The van der Waals surface area contributed by atoms with Crippen molar-refractivity contribution in [3.8, 4) is 0 Å². The number of halogens is 1. The van der Waals surface area contributed by atoms with E-state index in [0.717, 1.165) is 0 Å². The van der Waals surface area contributed by atoms with Gasteiger partial charge in [0.05, 0.1) is 22.0 Å². The average Bonchev–Trinajstić information content (AvgIpc) is 3.33. The van der Waals surface area contributed by atoms with Crippen molar-refractivity contribution < 1.29 is 14.5 Å². The highest BCUT2D eigenvalue weighted by molar-refractivity contribution is 6.36. The molecule has 3 aromatic carbocycles. The number of para-hydroxylation sites is 1. The minimum atomic E-state index is -0.872. The number of non-ortho nitro benzene ring substituents is 1. The predicted octanol–water partition coefficient (Wildman–Crippen LogP) is 4.34. The van der Waals surface area contributed by atoms with Crippen molar-refractivity contribution in [3.63, 3.8) is 0 Å². The monoisotopic (exact) mass is 460 g/mol. The summed E-state index contributed by atoms with van der Waals surface area (Å²) < 4.78 is 0. The van der Waals surface area contributed by atoms with Gasteiger partial charge in [-0.25, -0.2) is 4.90 Å². The fourth-order valence-corrected chi connectivity index (χ4v) is 4.45. The van der Waals surface area contributed by atoms with Crippen LogP contribution in [0.1, 0.15) is 11.1 Å². The van der Waals surface area contributed by atoms with E-state index >= 15 is 0 Å². The number of hydrogen-bond donors (Lipinski definition) is 0. The summed E-state index contributed by atoms with van der Waals surface area (Å²) in [6.07, 6.45) is 0. The van der Waals surface area contributed by atoms with E-state index in [2.05, 4.69) is 5.10 Å². The van der Waals surface area contributed by atoms with Crippen molar-refractivity contribution >= 4 is 46.2 Å². The molecule has 9 heteroatoms. The summed E-state index contributed by atoms with van der Waals surface area (Å²) in [5.41, 5.74) is 2.58. The molecule has 0 aliphatic carbocycles. The zero-order valence-electron chi connectivity index (χ0n) is 17.4. The molecule has 2 amide bonds. The van der Waals surface area contributed by atoms with Crippen LogP contribution < -0.4 is 9.91 Å². The van der Waals surface area contributed by atoms with E-state index < -0.39 is 28.7 Å². The van der Waals surface area contributed by atoms with Crippen molar-refractivity contribution in [2.45, 2.75) is 13.0 Å². The van der Waals surface area contributed by atoms with Gasteiger partial charge in [0.25, 0.3) is 11.6 Å². The maximum Gasteiger partial charge on any atom is 0.269 e. The lowest BCUT2D eigenvalue weighted by atomic mass is 9.92. The van der Waals surface area contributed by atoms with Gasteiger partial charge >= 0.3 is 0 Å². The van der Waals surface area contributed by atoms with Crippen LogP contribution in [0.2, 0.25) is 5.02 Å². The van der Waals surface area contributed by atoms with Gasteiger partial charge in [0, 0.05) is 17.2 Å². The van der Waals surface area contributed by atoms with Crippen molar-refractivity contribution in [2.24, 2.45) is 11.0 Å². The Morgan fingerprint density at radius 3 is 2.30 bits per heavy atom. The van der Waals surface area contributed by atoms with Crippen LogP contribution in [0, 0.1) is 23.0 Å². The van der Waals surface area contributed by atoms with Gasteiger partial charge < -0.3 is 0 Å². The van der Waals surface area contributed by atoms with Gasteiger partial charge in [-0.1, -0.05) is 35.9 Å². The largest absolute Gasteiger partial charge is 0.273 e. The van der Waals surface area contributed by atoms with Gasteiger partial charge in [-0.15, -0.1) is 0 Å². The van der Waals surface area contributed by atoms with Gasteiger partial charge in [0.15, 0.2) is 0 Å². The topological polar surface area (TPSA) is 96.1 Å². The lowest BCUT2D eigenvalue weighted by molar-refractivity contribution is -0.384. The Morgan fingerprint density at radius 1 is 0.939 bits per heavy atom. The second kappa shape index (κ2) is 7.83. The third kappa shape index (κ3) is 3.27. The molecule has 1 saturated heterocycles. The molecule has 1 fully saturated rings. The van der Waals surface area contributed by atoms with E-state index in [4.69, 9.17) is 11.6 Å². The molecule has 33 heavy (non-hydrogen) atoms. The van der Waals surface area contributed by atoms with Gasteiger partial charge in [0.2, 0.25) is 5.91 Å². The van der Waals surface area contributed by atoms with Gasteiger partial charge in [-0.05, 0) is 54.4 Å². The van der Waals surface area contributed by atoms with Crippen LogP contribution in [0.4, 0.5) is 17.1 Å². The lowest BCUT2D eigenvalue weighted by Crippen LogP contribution is -2.39. The first-order chi connectivity index (χ1) is 15.9. The van der Waals surface area contributed by atoms with E-state index in [-0.39, 0.29) is 5.69 Å². The Morgan fingerprint density at radius 2 is 1.64 bits per heavy atom. The molecule has 0 N–H and O–H groups in total. The van der Waals surface area contributed by atoms with Crippen LogP contribution in [0.5, 0.6) is 0 Å². The second-order valence-corrected chi connectivity index (χ2v) is 8.19. The highest BCUT2D eigenvalue weighted by Crippen LogP contribution is 2.40. The van der Waals surface area contributed by atoms with Gasteiger partial charge in [-0.3, -0.25) is 24.7 Å². The van der Waals surface area contributed by atoms with Crippen LogP contribution in [0.15, 0.2) is 77.9 Å². The van der Waals surface area contributed by atoms with Crippen LogP contribution in [0.25, 0.3) is 0 Å². The Bertz CT molecular complexity index is 1320. The zero-order chi connectivity index (χ0) is 23.3. The van der Waals surface area contributed by atoms with Crippen molar-refractivity contribution in [2.75, 3.05) is 9.91 Å². The van der Waals surface area contributed by atoms with Gasteiger partial charge in [0.1, 0.15) is 12.0 Å². The smallest absolute Gasteiger partial charge is 0.269 e. The number of amides is 2. The molecule has 2 aliphatic heterocycles. The Labute approximate surface area is 193 Å². The molecule has 0 bridgehead atoms. The number of carbonyl (C=O) groups excluding carboxylic acids is 2. The first-order valence-corrected chi connectivity index (χ1v) is 10.6. The summed E-state index contributed by atoms with van der Waals surface area (Å²) in [6.45, 7) is 1.76. The molecule has 0 radical (unpaired) electrons. The van der Waals surface area contributed by atoms with Crippen molar-refractivity contribution in [1.29, 1.82) is 0 Å². The number of nitrogens with zero attached hydrogens (tertiary/aromatic N) is 4. The Hall–Kier alpha value is -4.04. The van der Waals surface area contributed by atoms with E-state index in [1.165, 1.54) is 17.0 Å². The molecule has 2 aliphatic rings. The summed E-state index contributed by atoms with van der Waals surface area (Å²) in [4.78, 5) is 39.0. The first kappa shape index (κ1) is 20.8. The summed E-state index contributed by atoms with van der Waals surface area (Å²) in [7, 11) is 0. The number of hydrazone groups is 1. The molecule has 5 rings (SSSR count). The molecule has 0 spiro atoms. The fraction of sp³-hybridized carbons (Fsp3) is 0.125. The maximum absolute atomic E-state index is 13.6. The average molecular weight is 461 g/mol. The van der Waals surface area contributed by atoms with Crippen LogP contribution >= 0.6 is 11.6 Å². The minimum absolute atomic E-state index is 0.0705. The third-order valence-corrected chi connectivity index (χ3v) is 6.33. The minimum Gasteiger partial charge on any atom is -0.273 e. The molecular formula is C24H17ClN4O4. The quantitative estimate of drug-likeness (QED) is 0.328. The Balaban J connectivity index is 1.63. The number of anilines is 2. The van der Waals surface area contributed by atoms with E-state index in [1.54, 1.807) is 42.3 Å². The van der Waals surface area contributed by atoms with E-state index in [0.29, 0.717) is 33.2 Å².